The van der Waals surface area contributed by atoms with Crippen molar-refractivity contribution in [2.24, 2.45) is 0 Å². The second-order valence-corrected chi connectivity index (χ2v) is 3.15. The van der Waals surface area contributed by atoms with Crippen LogP contribution in [0.15, 0.2) is 12.4 Å². The molecule has 0 bridgehead atoms. The van der Waals surface area contributed by atoms with Crippen molar-refractivity contribution in [3.8, 4) is 0 Å². The fraction of sp³-hybridized carbons (Fsp3) is 0.625. The van der Waals surface area contributed by atoms with E-state index < -0.39 is 0 Å². The third-order valence-corrected chi connectivity index (χ3v) is 2.06. The van der Waals surface area contributed by atoms with E-state index in [1.54, 1.807) is 6.20 Å². The van der Waals surface area contributed by atoms with Gasteiger partial charge in [0.1, 0.15) is 0 Å². The fourth-order valence-electron chi connectivity index (χ4n) is 1.39. The van der Waals surface area contributed by atoms with E-state index in [-0.39, 0.29) is 0 Å². The van der Waals surface area contributed by atoms with Crippen molar-refractivity contribution in [1.82, 2.24) is 14.8 Å². The van der Waals surface area contributed by atoms with Crippen LogP contribution in [-0.4, -0.2) is 34.5 Å². The standard InChI is InChI=1S/C8H14N4O/c9-8-6-10-11(7-8)3-4-12-2-1-5-13-12/h6-7H,1-5,9H2. The molecule has 0 aliphatic carbocycles. The number of nitrogen functional groups attached to an aromatic ring is 1. The number of nitrogens with two attached hydrogens (primary N) is 1. The zero-order valence-electron chi connectivity index (χ0n) is 7.52. The second-order valence-electron chi connectivity index (χ2n) is 3.15. The molecule has 1 aromatic heterocycles. The van der Waals surface area contributed by atoms with Gasteiger partial charge in [0.15, 0.2) is 0 Å². The number of aromatic nitrogens is 2. The van der Waals surface area contributed by atoms with Crippen molar-refractivity contribution >= 4 is 5.69 Å². The van der Waals surface area contributed by atoms with Gasteiger partial charge in [0.2, 0.25) is 0 Å². The summed E-state index contributed by atoms with van der Waals surface area (Å²) in [6.45, 7) is 3.58. The molecule has 13 heavy (non-hydrogen) atoms. The molecule has 2 heterocycles. The molecule has 2 rings (SSSR count). The maximum atomic E-state index is 5.53. The maximum absolute atomic E-state index is 5.53. The third kappa shape index (κ3) is 2.19. The topological polar surface area (TPSA) is 56.3 Å². The zero-order chi connectivity index (χ0) is 9.10. The lowest BCUT2D eigenvalue weighted by Gasteiger charge is -2.12. The molecule has 1 saturated heterocycles. The van der Waals surface area contributed by atoms with Gasteiger partial charge in [-0.15, -0.1) is 0 Å². The van der Waals surface area contributed by atoms with E-state index in [0.717, 1.165) is 32.7 Å². The van der Waals surface area contributed by atoms with Crippen LogP contribution in [-0.2, 0) is 11.4 Å². The van der Waals surface area contributed by atoms with E-state index in [2.05, 4.69) is 5.10 Å². The molecule has 5 heteroatoms. The van der Waals surface area contributed by atoms with Crippen LogP contribution >= 0.6 is 0 Å². The van der Waals surface area contributed by atoms with Crippen molar-refractivity contribution < 1.29 is 4.84 Å². The Labute approximate surface area is 77.0 Å². The van der Waals surface area contributed by atoms with Gasteiger partial charge in [-0.2, -0.15) is 10.2 Å². The first-order chi connectivity index (χ1) is 6.34. The molecule has 1 fully saturated rings. The van der Waals surface area contributed by atoms with Crippen molar-refractivity contribution in [2.75, 3.05) is 25.4 Å². The van der Waals surface area contributed by atoms with Gasteiger partial charge >= 0.3 is 0 Å². The van der Waals surface area contributed by atoms with Gasteiger partial charge in [-0.05, 0) is 6.42 Å². The number of hydrogen-bond acceptors (Lipinski definition) is 4. The second kappa shape index (κ2) is 3.76. The SMILES string of the molecule is Nc1cnn(CCN2CCCO2)c1. The van der Waals surface area contributed by atoms with Gasteiger partial charge in [0.25, 0.3) is 0 Å². The van der Waals surface area contributed by atoms with Gasteiger partial charge in [0, 0.05) is 19.3 Å². The molecule has 0 aromatic carbocycles. The van der Waals surface area contributed by atoms with Gasteiger partial charge in [-0.25, -0.2) is 0 Å². The van der Waals surface area contributed by atoms with Crippen LogP contribution < -0.4 is 5.73 Å². The van der Waals surface area contributed by atoms with Gasteiger partial charge in [-0.1, -0.05) is 0 Å². The lowest BCUT2D eigenvalue weighted by atomic mass is 10.5. The highest BCUT2D eigenvalue weighted by molar-refractivity contribution is 5.30. The molecule has 1 aliphatic heterocycles. The lowest BCUT2D eigenvalue weighted by Crippen LogP contribution is -2.23. The Balaban J connectivity index is 1.78. The van der Waals surface area contributed by atoms with E-state index >= 15 is 0 Å². The predicted octanol–water partition coefficient (Wildman–Crippen LogP) is 0.103. The molecule has 0 radical (unpaired) electrons. The van der Waals surface area contributed by atoms with E-state index in [0.29, 0.717) is 5.69 Å². The molecule has 0 spiro atoms. The molecule has 0 atom stereocenters. The summed E-state index contributed by atoms with van der Waals surface area (Å²) in [6, 6.07) is 0. The number of anilines is 1. The average Bonchev–Trinajstić information content (AvgIpc) is 2.71. The van der Waals surface area contributed by atoms with Crippen LogP contribution in [0.1, 0.15) is 6.42 Å². The summed E-state index contributed by atoms with van der Waals surface area (Å²) in [4.78, 5) is 5.34. The van der Waals surface area contributed by atoms with Crippen LogP contribution in [0.4, 0.5) is 5.69 Å². The van der Waals surface area contributed by atoms with Gasteiger partial charge in [0.05, 0.1) is 25.0 Å². The lowest BCUT2D eigenvalue weighted by molar-refractivity contribution is -0.111. The predicted molar refractivity (Wildman–Crippen MR) is 48.8 cm³/mol. The van der Waals surface area contributed by atoms with Crippen LogP contribution in [0.5, 0.6) is 0 Å². The first-order valence-electron chi connectivity index (χ1n) is 4.50. The summed E-state index contributed by atoms with van der Waals surface area (Å²) in [5, 5.41) is 6.06. The Hall–Kier alpha value is -1.07. The molecular weight excluding hydrogens is 168 g/mol. The molecule has 0 unspecified atom stereocenters. The first kappa shape index (κ1) is 8.52. The van der Waals surface area contributed by atoms with Crippen molar-refractivity contribution in [2.45, 2.75) is 13.0 Å². The molecular formula is C8H14N4O. The largest absolute Gasteiger partial charge is 0.396 e. The molecule has 72 valence electrons. The van der Waals surface area contributed by atoms with Crippen LogP contribution in [0.2, 0.25) is 0 Å². The summed E-state index contributed by atoms with van der Waals surface area (Å²) in [5.74, 6) is 0. The van der Waals surface area contributed by atoms with Crippen molar-refractivity contribution in [1.29, 1.82) is 0 Å². The first-order valence-corrected chi connectivity index (χ1v) is 4.50. The Kier molecular flexibility index (Phi) is 2.47. The van der Waals surface area contributed by atoms with Gasteiger partial charge < -0.3 is 5.73 Å². The Morgan fingerprint density at radius 3 is 3.08 bits per heavy atom. The van der Waals surface area contributed by atoms with E-state index in [1.165, 1.54) is 0 Å². The maximum Gasteiger partial charge on any atom is 0.0719 e. The highest BCUT2D eigenvalue weighted by atomic mass is 16.7. The van der Waals surface area contributed by atoms with Crippen LogP contribution in [0.3, 0.4) is 0 Å². The van der Waals surface area contributed by atoms with E-state index in [9.17, 15) is 0 Å². The molecule has 0 amide bonds. The normalized spacial score (nSPS) is 18.2. The van der Waals surface area contributed by atoms with E-state index in [1.807, 2.05) is 15.9 Å². The Morgan fingerprint density at radius 1 is 1.54 bits per heavy atom. The van der Waals surface area contributed by atoms with Crippen molar-refractivity contribution in [3.05, 3.63) is 12.4 Å². The average molecular weight is 182 g/mol. The summed E-state index contributed by atoms with van der Waals surface area (Å²) in [5.41, 5.74) is 6.24. The number of hydroxylamine groups is 2. The summed E-state index contributed by atoms with van der Waals surface area (Å²) in [7, 11) is 0. The minimum absolute atomic E-state index is 0.711. The fourth-order valence-corrected chi connectivity index (χ4v) is 1.39. The molecule has 2 N–H and O–H groups in total. The molecule has 0 saturated carbocycles. The number of nitrogens with zero attached hydrogens (tertiary/aromatic N) is 3. The minimum atomic E-state index is 0.711. The van der Waals surface area contributed by atoms with E-state index in [4.69, 9.17) is 10.6 Å². The van der Waals surface area contributed by atoms with Crippen molar-refractivity contribution in [3.63, 3.8) is 0 Å². The summed E-state index contributed by atoms with van der Waals surface area (Å²) in [6.07, 6.45) is 4.61. The highest BCUT2D eigenvalue weighted by Crippen LogP contribution is 2.04. The molecule has 5 nitrogen and oxygen atoms in total. The summed E-state index contributed by atoms with van der Waals surface area (Å²) >= 11 is 0. The van der Waals surface area contributed by atoms with Crippen LogP contribution in [0.25, 0.3) is 0 Å². The monoisotopic (exact) mass is 182 g/mol. The zero-order valence-corrected chi connectivity index (χ0v) is 7.52. The summed E-state index contributed by atoms with van der Waals surface area (Å²) < 4.78 is 1.83. The van der Waals surface area contributed by atoms with Gasteiger partial charge in [-0.3, -0.25) is 9.52 Å². The quantitative estimate of drug-likeness (QED) is 0.720. The Bertz CT molecular complexity index is 267. The molecule has 1 aliphatic rings. The van der Waals surface area contributed by atoms with Crippen LogP contribution in [0, 0.1) is 0 Å². The number of hydrogen-bond donors (Lipinski definition) is 1. The number of rotatable bonds is 3. The highest BCUT2D eigenvalue weighted by Gasteiger charge is 2.11. The third-order valence-electron chi connectivity index (χ3n) is 2.06. The minimum Gasteiger partial charge on any atom is -0.396 e. The smallest absolute Gasteiger partial charge is 0.0719 e. The Morgan fingerprint density at radius 2 is 2.46 bits per heavy atom. The molecule has 1 aromatic rings.